The lowest BCUT2D eigenvalue weighted by Gasteiger charge is -2.18. The topological polar surface area (TPSA) is 29.5 Å². The van der Waals surface area contributed by atoms with Crippen LogP contribution in [0.4, 0.5) is 8.78 Å². The van der Waals surface area contributed by atoms with Crippen LogP contribution in [0.15, 0.2) is 30.3 Å². The molecule has 0 aliphatic rings. The zero-order valence-electron chi connectivity index (χ0n) is 11.6. The minimum absolute atomic E-state index is 0.283. The second kappa shape index (κ2) is 5.59. The molecular weight excluding hydrogens is 262 g/mol. The summed E-state index contributed by atoms with van der Waals surface area (Å²) in [5.41, 5.74) is 2.75. The lowest BCUT2D eigenvalue weighted by Crippen LogP contribution is -2.05. The summed E-state index contributed by atoms with van der Waals surface area (Å²) in [7, 11) is 1.52. The highest BCUT2D eigenvalue weighted by atomic mass is 19.2. The first-order valence-corrected chi connectivity index (χ1v) is 6.22. The molecule has 0 amide bonds. The van der Waals surface area contributed by atoms with Gasteiger partial charge in [-0.2, -0.15) is 0 Å². The van der Waals surface area contributed by atoms with Gasteiger partial charge in [-0.25, -0.2) is 8.78 Å². The number of methoxy groups -OCH3 is 1. The number of rotatable bonds is 3. The van der Waals surface area contributed by atoms with Crippen molar-refractivity contribution < 1.29 is 18.6 Å². The van der Waals surface area contributed by atoms with Gasteiger partial charge in [-0.15, -0.1) is 0 Å². The number of hydrogen-bond acceptors (Lipinski definition) is 2. The van der Waals surface area contributed by atoms with E-state index >= 15 is 0 Å². The fourth-order valence-corrected chi connectivity index (χ4v) is 2.16. The van der Waals surface area contributed by atoms with E-state index in [4.69, 9.17) is 4.74 Å². The van der Waals surface area contributed by atoms with E-state index < -0.39 is 17.7 Å². The zero-order valence-corrected chi connectivity index (χ0v) is 11.6. The molecule has 1 atom stereocenters. The number of halogens is 2. The monoisotopic (exact) mass is 278 g/mol. The minimum atomic E-state index is -1.07. The summed E-state index contributed by atoms with van der Waals surface area (Å²) < 4.78 is 31.5. The van der Waals surface area contributed by atoms with E-state index in [1.54, 1.807) is 6.07 Å². The molecule has 0 aliphatic carbocycles. The van der Waals surface area contributed by atoms with Crippen LogP contribution in [0.1, 0.15) is 28.4 Å². The Bertz CT molecular complexity index is 639. The van der Waals surface area contributed by atoms with Crippen molar-refractivity contribution in [2.45, 2.75) is 20.0 Å². The molecule has 0 bridgehead atoms. The Morgan fingerprint density at radius 3 is 2.35 bits per heavy atom. The van der Waals surface area contributed by atoms with Crippen LogP contribution in [-0.2, 0) is 0 Å². The van der Waals surface area contributed by atoms with Gasteiger partial charge >= 0.3 is 0 Å². The van der Waals surface area contributed by atoms with Gasteiger partial charge in [0.15, 0.2) is 11.6 Å². The van der Waals surface area contributed by atoms with Crippen LogP contribution >= 0.6 is 0 Å². The number of aliphatic hydroxyl groups excluding tert-OH is 1. The molecule has 0 spiro atoms. The summed E-state index contributed by atoms with van der Waals surface area (Å²) in [6.45, 7) is 3.82. The number of aliphatic hydroxyl groups is 1. The SMILES string of the molecule is COc1c(C(O)c2ccc(F)c(F)c2)ccc(C)c1C. The normalized spacial score (nSPS) is 12.3. The van der Waals surface area contributed by atoms with Crippen LogP contribution < -0.4 is 4.74 Å². The second-order valence-corrected chi connectivity index (χ2v) is 4.71. The Balaban J connectivity index is 2.50. The Morgan fingerprint density at radius 1 is 1.05 bits per heavy atom. The molecule has 2 aromatic carbocycles. The van der Waals surface area contributed by atoms with Crippen LogP contribution in [0.25, 0.3) is 0 Å². The summed E-state index contributed by atoms with van der Waals surface area (Å²) in [6, 6.07) is 6.94. The predicted molar refractivity (Wildman–Crippen MR) is 72.9 cm³/mol. The van der Waals surface area contributed by atoms with E-state index in [0.717, 1.165) is 23.3 Å². The average molecular weight is 278 g/mol. The molecule has 0 saturated heterocycles. The van der Waals surface area contributed by atoms with Crippen LogP contribution in [0.5, 0.6) is 5.75 Å². The quantitative estimate of drug-likeness (QED) is 0.928. The third kappa shape index (κ3) is 2.51. The van der Waals surface area contributed by atoms with Gasteiger partial charge in [0.05, 0.1) is 7.11 Å². The number of hydrogen-bond donors (Lipinski definition) is 1. The maximum Gasteiger partial charge on any atom is 0.159 e. The standard InChI is InChI=1S/C16H16F2O2/c1-9-4-6-12(16(20-3)10(9)2)15(19)11-5-7-13(17)14(18)8-11/h4-8,15,19H,1-3H3. The molecule has 2 nitrogen and oxygen atoms in total. The van der Waals surface area contributed by atoms with Crippen LogP contribution in [0.2, 0.25) is 0 Å². The van der Waals surface area contributed by atoms with Gasteiger partial charge in [-0.1, -0.05) is 18.2 Å². The average Bonchev–Trinajstić information content (AvgIpc) is 2.44. The lowest BCUT2D eigenvalue weighted by molar-refractivity contribution is 0.213. The molecule has 2 rings (SSSR count). The van der Waals surface area contributed by atoms with E-state index in [-0.39, 0.29) is 5.56 Å². The Kier molecular flexibility index (Phi) is 4.04. The van der Waals surface area contributed by atoms with Crippen molar-refractivity contribution in [3.8, 4) is 5.75 Å². The van der Waals surface area contributed by atoms with E-state index in [2.05, 4.69) is 0 Å². The molecule has 0 heterocycles. The Morgan fingerprint density at radius 2 is 1.75 bits per heavy atom. The fraction of sp³-hybridized carbons (Fsp3) is 0.250. The van der Waals surface area contributed by atoms with Crippen LogP contribution in [0, 0.1) is 25.5 Å². The van der Waals surface area contributed by atoms with E-state index in [0.29, 0.717) is 11.3 Å². The van der Waals surface area contributed by atoms with Crippen molar-refractivity contribution in [3.05, 3.63) is 64.2 Å². The van der Waals surface area contributed by atoms with E-state index in [1.165, 1.54) is 13.2 Å². The summed E-state index contributed by atoms with van der Waals surface area (Å²) in [5, 5.41) is 10.4. The molecule has 0 saturated carbocycles. The molecule has 2 aromatic rings. The first-order valence-electron chi connectivity index (χ1n) is 6.22. The minimum Gasteiger partial charge on any atom is -0.496 e. The molecule has 1 N–H and O–H groups in total. The maximum absolute atomic E-state index is 13.3. The van der Waals surface area contributed by atoms with Gasteiger partial charge in [-0.05, 0) is 42.7 Å². The summed E-state index contributed by atoms with van der Waals surface area (Å²) in [6.07, 6.45) is -1.07. The number of aryl methyl sites for hydroxylation is 1. The van der Waals surface area contributed by atoms with Gasteiger partial charge in [0, 0.05) is 5.56 Å². The number of ether oxygens (including phenoxy) is 1. The fourth-order valence-electron chi connectivity index (χ4n) is 2.16. The van der Waals surface area contributed by atoms with Gasteiger partial charge in [0.25, 0.3) is 0 Å². The molecule has 1 unspecified atom stereocenters. The zero-order chi connectivity index (χ0) is 14.9. The number of benzene rings is 2. The van der Waals surface area contributed by atoms with E-state index in [9.17, 15) is 13.9 Å². The maximum atomic E-state index is 13.3. The highest BCUT2D eigenvalue weighted by molar-refractivity contribution is 5.48. The predicted octanol–water partition coefficient (Wildman–Crippen LogP) is 3.67. The van der Waals surface area contributed by atoms with Crippen LogP contribution in [0.3, 0.4) is 0 Å². The third-order valence-corrected chi connectivity index (χ3v) is 3.47. The molecule has 4 heteroatoms. The first-order chi connectivity index (χ1) is 9.45. The highest BCUT2D eigenvalue weighted by Crippen LogP contribution is 2.34. The molecule has 106 valence electrons. The van der Waals surface area contributed by atoms with Crippen molar-refractivity contribution in [1.82, 2.24) is 0 Å². The molecule has 0 aliphatic heterocycles. The first kappa shape index (κ1) is 14.5. The molecule has 0 aromatic heterocycles. The lowest BCUT2D eigenvalue weighted by atomic mass is 9.96. The second-order valence-electron chi connectivity index (χ2n) is 4.71. The van der Waals surface area contributed by atoms with Gasteiger partial charge < -0.3 is 9.84 Å². The molecule has 20 heavy (non-hydrogen) atoms. The molecular formula is C16H16F2O2. The van der Waals surface area contributed by atoms with Crippen molar-refractivity contribution in [3.63, 3.8) is 0 Å². The van der Waals surface area contributed by atoms with E-state index in [1.807, 2.05) is 19.9 Å². The Labute approximate surface area is 116 Å². The van der Waals surface area contributed by atoms with Crippen molar-refractivity contribution in [1.29, 1.82) is 0 Å². The van der Waals surface area contributed by atoms with Crippen molar-refractivity contribution >= 4 is 0 Å². The largest absolute Gasteiger partial charge is 0.496 e. The van der Waals surface area contributed by atoms with Crippen molar-refractivity contribution in [2.24, 2.45) is 0 Å². The third-order valence-electron chi connectivity index (χ3n) is 3.47. The van der Waals surface area contributed by atoms with Gasteiger partial charge in [-0.3, -0.25) is 0 Å². The Hall–Kier alpha value is -1.94. The summed E-state index contributed by atoms with van der Waals surface area (Å²) in [4.78, 5) is 0. The van der Waals surface area contributed by atoms with Gasteiger partial charge in [0.2, 0.25) is 0 Å². The molecule has 0 radical (unpaired) electrons. The van der Waals surface area contributed by atoms with Crippen LogP contribution in [-0.4, -0.2) is 12.2 Å². The summed E-state index contributed by atoms with van der Waals surface area (Å²) >= 11 is 0. The molecule has 0 fully saturated rings. The highest BCUT2D eigenvalue weighted by Gasteiger charge is 2.19. The smallest absolute Gasteiger partial charge is 0.159 e. The summed E-state index contributed by atoms with van der Waals surface area (Å²) in [5.74, 6) is -1.36. The van der Waals surface area contributed by atoms with Gasteiger partial charge in [0.1, 0.15) is 11.9 Å². The van der Waals surface area contributed by atoms with Crippen molar-refractivity contribution in [2.75, 3.05) is 7.11 Å².